The lowest BCUT2D eigenvalue weighted by molar-refractivity contribution is -0.384. The summed E-state index contributed by atoms with van der Waals surface area (Å²) >= 11 is 0. The molecule has 0 aromatic heterocycles. The summed E-state index contributed by atoms with van der Waals surface area (Å²) in [7, 11) is 0. The Hall–Kier alpha value is -4.20. The Morgan fingerprint density at radius 1 is 0.967 bits per heavy atom. The molecule has 0 saturated heterocycles. The molecule has 30 heavy (non-hydrogen) atoms. The number of non-ortho nitro benzene ring substituents is 1. The predicted octanol–water partition coefficient (Wildman–Crippen LogP) is 4.49. The van der Waals surface area contributed by atoms with Crippen molar-refractivity contribution in [2.45, 2.75) is 6.92 Å². The molecule has 0 atom stereocenters. The number of rotatable bonds is 7. The van der Waals surface area contributed by atoms with Crippen molar-refractivity contribution in [2.75, 3.05) is 11.9 Å². The molecule has 0 saturated carbocycles. The van der Waals surface area contributed by atoms with Gasteiger partial charge in [0.2, 0.25) is 0 Å². The molecule has 0 aliphatic rings. The van der Waals surface area contributed by atoms with Gasteiger partial charge in [0.25, 0.3) is 11.6 Å². The predicted molar refractivity (Wildman–Crippen MR) is 110 cm³/mol. The first-order chi connectivity index (χ1) is 14.4. The van der Waals surface area contributed by atoms with Gasteiger partial charge in [-0.2, -0.15) is 0 Å². The van der Waals surface area contributed by atoms with Crippen LogP contribution in [0.25, 0.3) is 0 Å². The number of ether oxygens (including phenoxy) is 2. The second kappa shape index (κ2) is 9.33. The van der Waals surface area contributed by atoms with E-state index in [1.807, 2.05) is 18.2 Å². The maximum atomic E-state index is 12.3. The summed E-state index contributed by atoms with van der Waals surface area (Å²) in [4.78, 5) is 34.6. The smallest absolute Gasteiger partial charge is 0.338 e. The standard InChI is InChI=1S/C22H18N2O6/c1-15-12-17(24(27)28)10-11-20(15)23-21(25)14-29-22(26)16-6-5-9-19(13-16)30-18-7-3-2-4-8-18/h2-13H,14H2,1H3,(H,23,25). The Morgan fingerprint density at radius 3 is 2.40 bits per heavy atom. The van der Waals surface area contributed by atoms with Crippen molar-refractivity contribution in [3.63, 3.8) is 0 Å². The lowest BCUT2D eigenvalue weighted by atomic mass is 10.2. The molecule has 0 aliphatic carbocycles. The molecule has 0 unspecified atom stereocenters. The van der Waals surface area contributed by atoms with E-state index in [1.54, 1.807) is 37.3 Å². The number of amides is 1. The Morgan fingerprint density at radius 2 is 1.70 bits per heavy atom. The second-order valence-electron chi connectivity index (χ2n) is 6.32. The van der Waals surface area contributed by atoms with Gasteiger partial charge in [0.15, 0.2) is 6.61 Å². The number of aryl methyl sites for hydroxylation is 1. The Labute approximate surface area is 172 Å². The molecule has 8 heteroatoms. The molecular weight excluding hydrogens is 388 g/mol. The van der Waals surface area contributed by atoms with E-state index in [0.29, 0.717) is 22.7 Å². The van der Waals surface area contributed by atoms with Gasteiger partial charge in [-0.05, 0) is 48.9 Å². The van der Waals surface area contributed by atoms with E-state index in [2.05, 4.69) is 5.32 Å². The van der Waals surface area contributed by atoms with Crippen LogP contribution < -0.4 is 10.1 Å². The van der Waals surface area contributed by atoms with E-state index >= 15 is 0 Å². The molecular formula is C22H18N2O6. The van der Waals surface area contributed by atoms with Gasteiger partial charge in [0.05, 0.1) is 10.5 Å². The highest BCUT2D eigenvalue weighted by Crippen LogP contribution is 2.23. The molecule has 0 heterocycles. The number of nitro benzene ring substituents is 1. The number of nitrogens with zero attached hydrogens (tertiary/aromatic N) is 1. The van der Waals surface area contributed by atoms with Crippen LogP contribution in [0.1, 0.15) is 15.9 Å². The Kier molecular flexibility index (Phi) is 6.39. The number of carbonyl (C=O) groups is 2. The summed E-state index contributed by atoms with van der Waals surface area (Å²) in [5.74, 6) is -0.149. The highest BCUT2D eigenvalue weighted by molar-refractivity contribution is 5.96. The zero-order valence-corrected chi connectivity index (χ0v) is 16.0. The molecule has 1 N–H and O–H groups in total. The summed E-state index contributed by atoms with van der Waals surface area (Å²) in [6.07, 6.45) is 0. The minimum absolute atomic E-state index is 0.0745. The van der Waals surface area contributed by atoms with Crippen LogP contribution in [0.3, 0.4) is 0 Å². The second-order valence-corrected chi connectivity index (χ2v) is 6.32. The van der Waals surface area contributed by atoms with Crippen LogP contribution in [-0.4, -0.2) is 23.4 Å². The molecule has 0 radical (unpaired) electrons. The van der Waals surface area contributed by atoms with Crippen LogP contribution in [0.4, 0.5) is 11.4 Å². The monoisotopic (exact) mass is 406 g/mol. The third kappa shape index (κ3) is 5.41. The molecule has 0 fully saturated rings. The molecule has 3 aromatic carbocycles. The largest absolute Gasteiger partial charge is 0.457 e. The molecule has 0 bridgehead atoms. The number of nitro groups is 1. The molecule has 152 valence electrons. The van der Waals surface area contributed by atoms with Crippen molar-refractivity contribution in [2.24, 2.45) is 0 Å². The molecule has 3 aromatic rings. The first-order valence-electron chi connectivity index (χ1n) is 8.97. The molecule has 3 rings (SSSR count). The van der Waals surface area contributed by atoms with E-state index in [1.165, 1.54) is 24.3 Å². The number of para-hydroxylation sites is 1. The summed E-state index contributed by atoms with van der Waals surface area (Å²) in [6.45, 7) is 1.13. The Bertz CT molecular complexity index is 1080. The average molecular weight is 406 g/mol. The number of anilines is 1. The van der Waals surface area contributed by atoms with Crippen LogP contribution in [0, 0.1) is 17.0 Å². The van der Waals surface area contributed by atoms with Gasteiger partial charge >= 0.3 is 5.97 Å². The summed E-state index contributed by atoms with van der Waals surface area (Å²) in [5, 5.41) is 13.3. The van der Waals surface area contributed by atoms with Gasteiger partial charge < -0.3 is 14.8 Å². The highest BCUT2D eigenvalue weighted by Gasteiger charge is 2.14. The maximum absolute atomic E-state index is 12.3. The number of hydrogen-bond acceptors (Lipinski definition) is 6. The van der Waals surface area contributed by atoms with Crippen LogP contribution >= 0.6 is 0 Å². The summed E-state index contributed by atoms with van der Waals surface area (Å²) in [5.41, 5.74) is 1.09. The van der Waals surface area contributed by atoms with E-state index in [9.17, 15) is 19.7 Å². The summed E-state index contributed by atoms with van der Waals surface area (Å²) < 4.78 is 10.7. The van der Waals surface area contributed by atoms with Crippen LogP contribution in [0.2, 0.25) is 0 Å². The third-order valence-electron chi connectivity index (χ3n) is 4.08. The third-order valence-corrected chi connectivity index (χ3v) is 4.08. The fourth-order valence-corrected chi connectivity index (χ4v) is 2.61. The van der Waals surface area contributed by atoms with Gasteiger partial charge in [0, 0.05) is 17.8 Å². The Balaban J connectivity index is 1.57. The SMILES string of the molecule is Cc1cc([N+](=O)[O-])ccc1NC(=O)COC(=O)c1cccc(Oc2ccccc2)c1. The van der Waals surface area contributed by atoms with Gasteiger partial charge in [-0.3, -0.25) is 14.9 Å². The number of carbonyl (C=O) groups excluding carboxylic acids is 2. The van der Waals surface area contributed by atoms with Crippen molar-refractivity contribution in [3.8, 4) is 11.5 Å². The zero-order valence-electron chi connectivity index (χ0n) is 16.0. The normalized spacial score (nSPS) is 10.2. The topological polar surface area (TPSA) is 108 Å². The van der Waals surface area contributed by atoms with Gasteiger partial charge in [-0.25, -0.2) is 4.79 Å². The number of hydrogen-bond donors (Lipinski definition) is 1. The average Bonchev–Trinajstić information content (AvgIpc) is 2.74. The zero-order chi connectivity index (χ0) is 21.5. The maximum Gasteiger partial charge on any atom is 0.338 e. The van der Waals surface area contributed by atoms with Crippen LogP contribution in [-0.2, 0) is 9.53 Å². The summed E-state index contributed by atoms with van der Waals surface area (Å²) in [6, 6.07) is 19.6. The van der Waals surface area contributed by atoms with E-state index in [4.69, 9.17) is 9.47 Å². The van der Waals surface area contributed by atoms with Gasteiger partial charge in [-0.1, -0.05) is 24.3 Å². The highest BCUT2D eigenvalue weighted by atomic mass is 16.6. The van der Waals surface area contributed by atoms with Crippen molar-refractivity contribution in [3.05, 3.63) is 94.0 Å². The van der Waals surface area contributed by atoms with Crippen LogP contribution in [0.15, 0.2) is 72.8 Å². The lowest BCUT2D eigenvalue weighted by Crippen LogP contribution is -2.21. The van der Waals surface area contributed by atoms with E-state index in [0.717, 1.165) is 0 Å². The minimum Gasteiger partial charge on any atom is -0.457 e. The van der Waals surface area contributed by atoms with Crippen molar-refractivity contribution in [1.29, 1.82) is 0 Å². The molecule has 0 spiro atoms. The quantitative estimate of drug-likeness (QED) is 0.352. The number of nitrogens with one attached hydrogen (secondary N) is 1. The fraction of sp³-hybridized carbons (Fsp3) is 0.0909. The first-order valence-corrected chi connectivity index (χ1v) is 8.97. The first kappa shape index (κ1) is 20.5. The molecule has 1 amide bonds. The minimum atomic E-state index is -0.677. The van der Waals surface area contributed by atoms with E-state index < -0.39 is 23.4 Å². The molecule has 8 nitrogen and oxygen atoms in total. The lowest BCUT2D eigenvalue weighted by Gasteiger charge is -2.10. The number of benzene rings is 3. The van der Waals surface area contributed by atoms with Gasteiger partial charge in [0.1, 0.15) is 11.5 Å². The fourth-order valence-electron chi connectivity index (χ4n) is 2.61. The van der Waals surface area contributed by atoms with Crippen molar-refractivity contribution in [1.82, 2.24) is 0 Å². The van der Waals surface area contributed by atoms with Crippen LogP contribution in [0.5, 0.6) is 11.5 Å². The van der Waals surface area contributed by atoms with Crippen molar-refractivity contribution >= 4 is 23.3 Å². The van der Waals surface area contributed by atoms with E-state index in [-0.39, 0.29) is 11.3 Å². The van der Waals surface area contributed by atoms with Gasteiger partial charge in [-0.15, -0.1) is 0 Å². The molecule has 0 aliphatic heterocycles. The van der Waals surface area contributed by atoms with Crippen molar-refractivity contribution < 1.29 is 24.0 Å². The number of esters is 1.